The molecule has 0 aliphatic heterocycles. The highest BCUT2D eigenvalue weighted by Crippen LogP contribution is 2.16. The lowest BCUT2D eigenvalue weighted by atomic mass is 10.1. The van der Waals surface area contributed by atoms with Crippen LogP contribution in [0.15, 0.2) is 53.3 Å². The molecule has 0 aliphatic carbocycles. The van der Waals surface area contributed by atoms with Crippen molar-refractivity contribution >= 4 is 28.3 Å². The van der Waals surface area contributed by atoms with Crippen molar-refractivity contribution in [2.75, 3.05) is 5.32 Å². The topological polar surface area (TPSA) is 93.3 Å². The minimum absolute atomic E-state index is 0.103. The molecule has 4 aromatic rings. The normalized spacial score (nSPS) is 11.7. The Morgan fingerprint density at radius 1 is 1.03 bits per heavy atom. The van der Waals surface area contributed by atoms with Gasteiger partial charge in [0.1, 0.15) is 0 Å². The van der Waals surface area contributed by atoms with Crippen molar-refractivity contribution in [3.63, 3.8) is 0 Å². The third-order valence-electron chi connectivity index (χ3n) is 4.78. The van der Waals surface area contributed by atoms with Crippen LogP contribution in [-0.4, -0.2) is 30.6 Å². The molecule has 0 saturated carbocycles. The van der Waals surface area contributed by atoms with Gasteiger partial charge in [-0.15, -0.1) is 10.2 Å². The number of nitrogens with one attached hydrogen (secondary N) is 2. The maximum atomic E-state index is 12.5. The molecule has 2 aromatic heterocycles. The van der Waals surface area contributed by atoms with E-state index in [1.165, 1.54) is 4.57 Å². The molecule has 2 heterocycles. The molecule has 0 aliphatic rings. The molecule has 0 unspecified atom stereocenters. The zero-order chi connectivity index (χ0) is 21.5. The first-order valence-corrected chi connectivity index (χ1v) is 9.73. The van der Waals surface area contributed by atoms with Gasteiger partial charge in [-0.2, -0.15) is 0 Å². The number of nitrogens with zero attached hydrogens (tertiary/aromatic N) is 4. The second-order valence-electron chi connectivity index (χ2n) is 8.27. The molecule has 2 aromatic carbocycles. The first kappa shape index (κ1) is 19.6. The van der Waals surface area contributed by atoms with Gasteiger partial charge in [-0.05, 0) is 57.2 Å². The van der Waals surface area contributed by atoms with E-state index in [9.17, 15) is 9.59 Å². The summed E-state index contributed by atoms with van der Waals surface area (Å²) in [6.07, 6.45) is 0. The Bertz CT molecular complexity index is 1300. The monoisotopic (exact) mass is 404 g/mol. The van der Waals surface area contributed by atoms with Gasteiger partial charge in [0.05, 0.1) is 17.4 Å². The first-order chi connectivity index (χ1) is 14.2. The van der Waals surface area contributed by atoms with Crippen molar-refractivity contribution in [1.29, 1.82) is 0 Å². The molecular formula is C22H24N6O2. The number of carbonyl (C=O) groups is 1. The van der Waals surface area contributed by atoms with Crippen LogP contribution in [0.4, 0.5) is 5.69 Å². The SMILES string of the molecule is Cn1c(=O)c2ccccc2n2c(CNc3ccc(C(=O)NC(C)(C)C)cc3)nnc12. The number of hydrogen-bond acceptors (Lipinski definition) is 5. The van der Waals surface area contributed by atoms with E-state index in [1.54, 1.807) is 25.2 Å². The highest BCUT2D eigenvalue weighted by atomic mass is 16.1. The highest BCUT2D eigenvalue weighted by Gasteiger charge is 2.16. The Kier molecular flexibility index (Phi) is 4.77. The lowest BCUT2D eigenvalue weighted by Gasteiger charge is -2.20. The number of aryl methyl sites for hydroxylation is 1. The molecule has 30 heavy (non-hydrogen) atoms. The van der Waals surface area contributed by atoms with Crippen molar-refractivity contribution in [3.8, 4) is 0 Å². The fraction of sp³-hybridized carbons (Fsp3) is 0.273. The van der Waals surface area contributed by atoms with Gasteiger partial charge >= 0.3 is 0 Å². The van der Waals surface area contributed by atoms with Crippen molar-refractivity contribution < 1.29 is 4.79 Å². The van der Waals surface area contributed by atoms with Crippen LogP contribution >= 0.6 is 0 Å². The number of anilines is 1. The third kappa shape index (κ3) is 3.63. The molecule has 0 fully saturated rings. The summed E-state index contributed by atoms with van der Waals surface area (Å²) in [6.45, 7) is 6.26. The van der Waals surface area contributed by atoms with E-state index < -0.39 is 0 Å². The van der Waals surface area contributed by atoms with E-state index in [1.807, 2.05) is 55.5 Å². The summed E-state index contributed by atoms with van der Waals surface area (Å²) in [4.78, 5) is 24.8. The molecule has 154 valence electrons. The van der Waals surface area contributed by atoms with Crippen LogP contribution in [0.1, 0.15) is 37.0 Å². The number of hydrogen-bond donors (Lipinski definition) is 2. The average molecular weight is 404 g/mol. The van der Waals surface area contributed by atoms with Crippen LogP contribution < -0.4 is 16.2 Å². The average Bonchev–Trinajstić information content (AvgIpc) is 3.14. The molecular weight excluding hydrogens is 380 g/mol. The van der Waals surface area contributed by atoms with Crippen molar-refractivity contribution in [3.05, 3.63) is 70.3 Å². The summed E-state index contributed by atoms with van der Waals surface area (Å²) < 4.78 is 3.39. The van der Waals surface area contributed by atoms with E-state index in [2.05, 4.69) is 20.8 Å². The fourth-order valence-electron chi connectivity index (χ4n) is 3.34. The minimum atomic E-state index is -0.286. The molecule has 1 amide bonds. The maximum absolute atomic E-state index is 12.5. The molecule has 8 nitrogen and oxygen atoms in total. The van der Waals surface area contributed by atoms with E-state index >= 15 is 0 Å². The van der Waals surface area contributed by atoms with Gasteiger partial charge in [0.15, 0.2) is 5.82 Å². The fourth-order valence-corrected chi connectivity index (χ4v) is 3.34. The molecule has 0 atom stereocenters. The maximum Gasteiger partial charge on any atom is 0.262 e. The van der Waals surface area contributed by atoms with Gasteiger partial charge < -0.3 is 10.6 Å². The van der Waals surface area contributed by atoms with Gasteiger partial charge in [0.2, 0.25) is 5.78 Å². The second-order valence-corrected chi connectivity index (χ2v) is 8.27. The van der Waals surface area contributed by atoms with E-state index in [0.29, 0.717) is 29.1 Å². The highest BCUT2D eigenvalue weighted by molar-refractivity contribution is 5.95. The van der Waals surface area contributed by atoms with Crippen molar-refractivity contribution in [2.45, 2.75) is 32.9 Å². The Balaban J connectivity index is 1.59. The van der Waals surface area contributed by atoms with Crippen molar-refractivity contribution in [2.24, 2.45) is 7.05 Å². The first-order valence-electron chi connectivity index (χ1n) is 9.73. The summed E-state index contributed by atoms with van der Waals surface area (Å²) in [7, 11) is 1.69. The Labute approximate surface area is 173 Å². The van der Waals surface area contributed by atoms with E-state index in [4.69, 9.17) is 0 Å². The number of fused-ring (bicyclic) bond motifs is 3. The quantitative estimate of drug-likeness (QED) is 0.546. The number of aromatic nitrogens is 4. The largest absolute Gasteiger partial charge is 0.378 e. The standard InChI is InChI=1S/C22H24N6O2/c1-22(2,3)24-19(29)14-9-11-15(12-10-14)23-13-18-25-26-21-27(4)20(30)16-7-5-6-8-17(16)28(18)21/h5-12,23H,13H2,1-4H3,(H,24,29). The number of benzene rings is 2. The number of para-hydroxylation sites is 1. The van der Waals surface area contributed by atoms with E-state index in [0.717, 1.165) is 11.2 Å². The molecule has 8 heteroatoms. The zero-order valence-corrected chi connectivity index (χ0v) is 17.4. The van der Waals surface area contributed by atoms with Gasteiger partial charge in [-0.3, -0.25) is 18.6 Å². The van der Waals surface area contributed by atoms with Crippen LogP contribution in [0.2, 0.25) is 0 Å². The summed E-state index contributed by atoms with van der Waals surface area (Å²) in [5, 5.41) is 15.3. The minimum Gasteiger partial charge on any atom is -0.378 e. The predicted molar refractivity (Wildman–Crippen MR) is 117 cm³/mol. The Morgan fingerprint density at radius 2 is 1.73 bits per heavy atom. The molecule has 0 saturated heterocycles. The summed E-state index contributed by atoms with van der Waals surface area (Å²) >= 11 is 0. The number of amides is 1. The Morgan fingerprint density at radius 3 is 2.43 bits per heavy atom. The molecule has 0 spiro atoms. The van der Waals surface area contributed by atoms with Crippen LogP contribution in [0, 0.1) is 0 Å². The molecule has 4 rings (SSSR count). The summed E-state index contributed by atoms with van der Waals surface area (Å²) in [6, 6.07) is 14.7. The van der Waals surface area contributed by atoms with Gasteiger partial charge in [-0.1, -0.05) is 12.1 Å². The van der Waals surface area contributed by atoms with Crippen molar-refractivity contribution in [1.82, 2.24) is 24.5 Å². The number of rotatable bonds is 4. The predicted octanol–water partition coefficient (Wildman–Crippen LogP) is 2.72. The summed E-state index contributed by atoms with van der Waals surface area (Å²) in [5.74, 6) is 1.07. The van der Waals surface area contributed by atoms with Crippen LogP contribution in [0.3, 0.4) is 0 Å². The molecule has 0 radical (unpaired) electrons. The third-order valence-corrected chi connectivity index (χ3v) is 4.78. The van der Waals surface area contributed by atoms with Gasteiger partial charge in [0, 0.05) is 23.8 Å². The molecule has 2 N–H and O–H groups in total. The van der Waals surface area contributed by atoms with Gasteiger partial charge in [0.25, 0.3) is 11.5 Å². The Hall–Kier alpha value is -3.68. The van der Waals surface area contributed by atoms with Gasteiger partial charge in [-0.25, -0.2) is 0 Å². The van der Waals surface area contributed by atoms with E-state index in [-0.39, 0.29) is 17.0 Å². The van der Waals surface area contributed by atoms with Crippen LogP contribution in [-0.2, 0) is 13.6 Å². The lowest BCUT2D eigenvalue weighted by Crippen LogP contribution is -2.40. The van der Waals surface area contributed by atoms with Crippen LogP contribution in [0.25, 0.3) is 16.7 Å². The second kappa shape index (κ2) is 7.29. The smallest absolute Gasteiger partial charge is 0.262 e. The number of carbonyl (C=O) groups excluding carboxylic acids is 1. The molecule has 0 bridgehead atoms. The summed E-state index contributed by atoms with van der Waals surface area (Å²) in [5.41, 5.74) is 1.84. The zero-order valence-electron chi connectivity index (χ0n) is 17.4. The lowest BCUT2D eigenvalue weighted by molar-refractivity contribution is 0.0919. The van der Waals surface area contributed by atoms with Crippen LogP contribution in [0.5, 0.6) is 0 Å².